The molecule has 10 heteroatoms. The first-order valence-electron chi connectivity index (χ1n) is 9.81. The molecular weight excluding hydrogens is 399 g/mol. The lowest BCUT2D eigenvalue weighted by Gasteiger charge is -2.33. The zero-order valence-electron chi connectivity index (χ0n) is 16.8. The fourth-order valence-corrected chi connectivity index (χ4v) is 3.90. The Kier molecular flexibility index (Phi) is 5.35. The van der Waals surface area contributed by atoms with E-state index in [-0.39, 0.29) is 23.8 Å². The molecule has 2 aliphatic heterocycles. The van der Waals surface area contributed by atoms with Gasteiger partial charge in [0.05, 0.1) is 13.2 Å². The van der Waals surface area contributed by atoms with E-state index in [0.29, 0.717) is 24.4 Å². The van der Waals surface area contributed by atoms with Crippen LogP contribution >= 0.6 is 0 Å². The topological polar surface area (TPSA) is 62.6 Å². The number of benzene rings is 1. The number of nitrogens with zero attached hydrogens (tertiary/aromatic N) is 4. The second kappa shape index (κ2) is 7.82. The maximum absolute atomic E-state index is 13.8. The number of hydrogen-bond donors (Lipinski definition) is 1. The third-order valence-electron chi connectivity index (χ3n) is 5.72. The van der Waals surface area contributed by atoms with Crippen LogP contribution in [0.1, 0.15) is 34.6 Å². The average molecular weight is 423 g/mol. The number of carbonyl (C=O) groups is 1. The molecule has 1 saturated heterocycles. The summed E-state index contributed by atoms with van der Waals surface area (Å²) < 4.78 is 47.5. The van der Waals surface area contributed by atoms with E-state index in [0.717, 1.165) is 17.8 Å². The zero-order chi connectivity index (χ0) is 21.5. The summed E-state index contributed by atoms with van der Waals surface area (Å²) in [5, 5.41) is 7.18. The van der Waals surface area contributed by atoms with Gasteiger partial charge >= 0.3 is 6.18 Å². The first kappa shape index (κ1) is 20.5. The molecule has 1 aromatic heterocycles. The van der Waals surface area contributed by atoms with Crippen molar-refractivity contribution in [1.29, 1.82) is 0 Å². The van der Waals surface area contributed by atoms with E-state index in [1.165, 1.54) is 13.2 Å². The number of fused-ring (bicyclic) bond motifs is 1. The van der Waals surface area contributed by atoms with Crippen LogP contribution in [-0.2, 0) is 0 Å². The Hall–Kier alpha value is -2.75. The molecule has 2 aromatic rings. The molecule has 1 amide bonds. The van der Waals surface area contributed by atoms with Gasteiger partial charge in [-0.1, -0.05) is 12.1 Å². The lowest BCUT2D eigenvalue weighted by atomic mass is 9.97. The summed E-state index contributed by atoms with van der Waals surface area (Å²) in [4.78, 5) is 16.5. The molecule has 0 bridgehead atoms. The van der Waals surface area contributed by atoms with Crippen molar-refractivity contribution < 1.29 is 22.7 Å². The van der Waals surface area contributed by atoms with Gasteiger partial charge in [-0.2, -0.15) is 18.3 Å². The van der Waals surface area contributed by atoms with Crippen LogP contribution in [-0.4, -0.2) is 72.0 Å². The van der Waals surface area contributed by atoms with Crippen LogP contribution in [0.15, 0.2) is 30.3 Å². The van der Waals surface area contributed by atoms with E-state index in [9.17, 15) is 18.0 Å². The van der Waals surface area contributed by atoms with Crippen LogP contribution in [0, 0.1) is 0 Å². The van der Waals surface area contributed by atoms with Crippen molar-refractivity contribution in [3.05, 3.63) is 41.6 Å². The largest absolute Gasteiger partial charge is 0.497 e. The fourth-order valence-electron chi connectivity index (χ4n) is 3.90. The van der Waals surface area contributed by atoms with Crippen LogP contribution in [0.2, 0.25) is 0 Å². The quantitative estimate of drug-likeness (QED) is 0.823. The van der Waals surface area contributed by atoms with Gasteiger partial charge in [0.25, 0.3) is 5.91 Å². The third-order valence-corrected chi connectivity index (χ3v) is 5.72. The number of likely N-dealkylation sites (N-methyl/N-ethyl adjacent to an activating group) is 1. The maximum atomic E-state index is 13.8. The highest BCUT2D eigenvalue weighted by Gasteiger charge is 2.47. The normalized spacial score (nSPS) is 22.4. The molecule has 3 heterocycles. The van der Waals surface area contributed by atoms with Crippen LogP contribution in [0.5, 0.6) is 5.75 Å². The van der Waals surface area contributed by atoms with Crippen molar-refractivity contribution in [2.24, 2.45) is 0 Å². The predicted octanol–water partition coefficient (Wildman–Crippen LogP) is 2.94. The summed E-state index contributed by atoms with van der Waals surface area (Å²) >= 11 is 0. The molecule has 0 aliphatic carbocycles. The second-order valence-electron chi connectivity index (χ2n) is 7.72. The first-order chi connectivity index (χ1) is 14.3. The van der Waals surface area contributed by atoms with Gasteiger partial charge in [0.1, 0.15) is 11.6 Å². The Bertz CT molecular complexity index is 904. The molecule has 7 nitrogen and oxygen atoms in total. The number of ether oxygens (including phenoxy) is 1. The number of hydrogen-bond acceptors (Lipinski definition) is 5. The van der Waals surface area contributed by atoms with Gasteiger partial charge in [-0.05, 0) is 24.7 Å². The van der Waals surface area contributed by atoms with Crippen molar-refractivity contribution in [2.75, 3.05) is 45.7 Å². The minimum atomic E-state index is -4.48. The third kappa shape index (κ3) is 3.96. The molecule has 2 atom stereocenters. The molecule has 30 heavy (non-hydrogen) atoms. The van der Waals surface area contributed by atoms with Crippen molar-refractivity contribution in [3.63, 3.8) is 0 Å². The summed E-state index contributed by atoms with van der Waals surface area (Å²) in [5.74, 6) is 0.489. The van der Waals surface area contributed by atoms with E-state index in [1.807, 2.05) is 7.05 Å². The smallest absolute Gasteiger partial charge is 0.410 e. The maximum Gasteiger partial charge on any atom is 0.410 e. The van der Waals surface area contributed by atoms with E-state index < -0.39 is 18.3 Å². The number of anilines is 1. The van der Waals surface area contributed by atoms with Gasteiger partial charge in [-0.3, -0.25) is 4.79 Å². The predicted molar refractivity (Wildman–Crippen MR) is 105 cm³/mol. The molecule has 0 unspecified atom stereocenters. The second-order valence-corrected chi connectivity index (χ2v) is 7.72. The highest BCUT2D eigenvalue weighted by Crippen LogP contribution is 2.43. The summed E-state index contributed by atoms with van der Waals surface area (Å²) in [7, 11) is 3.50. The number of rotatable bonds is 3. The van der Waals surface area contributed by atoms with Crippen molar-refractivity contribution >= 4 is 11.7 Å². The van der Waals surface area contributed by atoms with Gasteiger partial charge < -0.3 is 19.9 Å². The number of methoxy groups -OCH3 is 1. The minimum absolute atomic E-state index is 0.0340. The van der Waals surface area contributed by atoms with Gasteiger partial charge in [0, 0.05) is 38.7 Å². The van der Waals surface area contributed by atoms with E-state index >= 15 is 0 Å². The molecule has 0 spiro atoms. The Labute approximate surface area is 172 Å². The first-order valence-corrected chi connectivity index (χ1v) is 9.81. The Balaban J connectivity index is 1.62. The van der Waals surface area contributed by atoms with Gasteiger partial charge in [-0.15, -0.1) is 0 Å². The number of nitrogens with one attached hydrogen (secondary N) is 1. The zero-order valence-corrected chi connectivity index (χ0v) is 16.8. The molecule has 1 fully saturated rings. The monoisotopic (exact) mass is 423 g/mol. The minimum Gasteiger partial charge on any atom is -0.497 e. The summed E-state index contributed by atoms with van der Waals surface area (Å²) in [6.07, 6.45) is -4.70. The Morgan fingerprint density at radius 2 is 1.83 bits per heavy atom. The van der Waals surface area contributed by atoms with Crippen LogP contribution in [0.25, 0.3) is 0 Å². The molecule has 1 N–H and O–H groups in total. The average Bonchev–Trinajstić information content (AvgIpc) is 3.16. The number of amides is 1. The molecule has 2 aliphatic rings. The number of alkyl halides is 3. The summed E-state index contributed by atoms with van der Waals surface area (Å²) in [5.41, 5.74) is 0.746. The Morgan fingerprint density at radius 3 is 2.43 bits per heavy atom. The highest BCUT2D eigenvalue weighted by atomic mass is 19.4. The molecule has 0 saturated carbocycles. The standard InChI is InChI=1S/C20H24F3N5O2/c1-26-7-9-27(10-8-26)19(29)16-12-18-24-15(13-3-5-14(30-2)6-4-13)11-17(20(21,22)23)28(18)25-16/h3-6,12,15,17,24H,7-11H2,1-2H3/t15-,17+/m1/s1. The summed E-state index contributed by atoms with van der Waals surface area (Å²) in [6, 6.07) is 5.98. The summed E-state index contributed by atoms with van der Waals surface area (Å²) in [6.45, 7) is 2.51. The van der Waals surface area contributed by atoms with Crippen molar-refractivity contribution in [2.45, 2.75) is 24.7 Å². The van der Waals surface area contributed by atoms with Gasteiger partial charge in [-0.25, -0.2) is 4.68 Å². The highest BCUT2D eigenvalue weighted by molar-refractivity contribution is 5.93. The van der Waals surface area contributed by atoms with Gasteiger partial charge in [0.15, 0.2) is 11.7 Å². The van der Waals surface area contributed by atoms with Gasteiger partial charge in [0.2, 0.25) is 0 Å². The van der Waals surface area contributed by atoms with Crippen molar-refractivity contribution in [3.8, 4) is 5.75 Å². The van der Waals surface area contributed by atoms with Crippen LogP contribution in [0.3, 0.4) is 0 Å². The fraction of sp³-hybridized carbons (Fsp3) is 0.500. The number of piperazine rings is 1. The Morgan fingerprint density at radius 1 is 1.17 bits per heavy atom. The van der Waals surface area contributed by atoms with Crippen LogP contribution < -0.4 is 10.1 Å². The van der Waals surface area contributed by atoms with Crippen LogP contribution in [0.4, 0.5) is 19.0 Å². The number of halogens is 3. The lowest BCUT2D eigenvalue weighted by Crippen LogP contribution is -2.47. The molecule has 0 radical (unpaired) electrons. The number of aromatic nitrogens is 2. The van der Waals surface area contributed by atoms with E-state index in [1.54, 1.807) is 29.2 Å². The molecular formula is C20H24F3N5O2. The molecule has 1 aromatic carbocycles. The molecule has 4 rings (SSSR count). The lowest BCUT2D eigenvalue weighted by molar-refractivity contribution is -0.173. The molecule has 162 valence electrons. The SMILES string of the molecule is COc1ccc([C@H]2C[C@@H](C(F)(F)F)n3nc(C(=O)N4CCN(C)CC4)cc3N2)cc1. The number of carbonyl (C=O) groups excluding carboxylic acids is 1. The van der Waals surface area contributed by atoms with Crippen molar-refractivity contribution in [1.82, 2.24) is 19.6 Å². The van der Waals surface area contributed by atoms with E-state index in [2.05, 4.69) is 15.3 Å². The van der Waals surface area contributed by atoms with E-state index in [4.69, 9.17) is 4.74 Å².